The largest absolute Gasteiger partial charge is 0.493 e. The summed E-state index contributed by atoms with van der Waals surface area (Å²) in [6.07, 6.45) is 0.564. The third-order valence-electron chi connectivity index (χ3n) is 5.42. The lowest BCUT2D eigenvalue weighted by molar-refractivity contribution is -0.123. The van der Waals surface area contributed by atoms with E-state index in [4.69, 9.17) is 9.47 Å². The molecule has 0 saturated heterocycles. The summed E-state index contributed by atoms with van der Waals surface area (Å²) >= 11 is 0. The third-order valence-corrected chi connectivity index (χ3v) is 6.86. The molecule has 3 rings (SSSR count). The molecule has 0 bridgehead atoms. The van der Waals surface area contributed by atoms with E-state index in [9.17, 15) is 13.2 Å². The molecule has 176 valence electrons. The van der Waals surface area contributed by atoms with Gasteiger partial charge in [-0.2, -0.15) is 4.72 Å². The molecule has 0 aliphatic rings. The molecule has 1 unspecified atom stereocenters. The molecule has 0 aromatic heterocycles. The van der Waals surface area contributed by atoms with Gasteiger partial charge in [-0.3, -0.25) is 4.79 Å². The van der Waals surface area contributed by atoms with Gasteiger partial charge in [0.1, 0.15) is 6.04 Å². The normalized spacial score (nSPS) is 12.5. The van der Waals surface area contributed by atoms with Gasteiger partial charge in [-0.25, -0.2) is 8.42 Å². The predicted octanol–water partition coefficient (Wildman–Crippen LogP) is 3.52. The Morgan fingerprint density at radius 1 is 0.909 bits per heavy atom. The number of ether oxygens (including phenoxy) is 2. The summed E-state index contributed by atoms with van der Waals surface area (Å²) in [7, 11) is -0.736. The molecule has 1 amide bonds. The van der Waals surface area contributed by atoms with Crippen LogP contribution >= 0.6 is 0 Å². The molecule has 2 N–H and O–H groups in total. The number of sulfonamides is 1. The zero-order valence-electron chi connectivity index (χ0n) is 19.3. The second-order valence-electron chi connectivity index (χ2n) is 8.08. The van der Waals surface area contributed by atoms with E-state index in [2.05, 4.69) is 10.0 Å². The third kappa shape index (κ3) is 6.03. The molecule has 0 radical (unpaired) electrons. The number of fused-ring (bicyclic) bond motifs is 1. The van der Waals surface area contributed by atoms with E-state index in [1.54, 1.807) is 32.4 Å². The molecule has 3 aromatic rings. The van der Waals surface area contributed by atoms with Crippen molar-refractivity contribution in [1.82, 2.24) is 10.0 Å². The van der Waals surface area contributed by atoms with Crippen molar-refractivity contribution in [2.45, 2.75) is 31.2 Å². The average molecular weight is 471 g/mol. The number of rotatable bonds is 10. The van der Waals surface area contributed by atoms with E-state index >= 15 is 0 Å². The lowest BCUT2D eigenvalue weighted by Gasteiger charge is -2.22. The lowest BCUT2D eigenvalue weighted by atomic mass is 10.0. The number of hydrogen-bond donors (Lipinski definition) is 2. The molecule has 0 aliphatic heterocycles. The van der Waals surface area contributed by atoms with Gasteiger partial charge in [0.15, 0.2) is 11.5 Å². The Kier molecular flexibility index (Phi) is 7.94. The van der Waals surface area contributed by atoms with E-state index in [-0.39, 0.29) is 16.7 Å². The number of nitrogens with one attached hydrogen (secondary N) is 2. The molecule has 1 atom stereocenters. The highest BCUT2D eigenvalue weighted by Gasteiger charge is 2.28. The summed E-state index contributed by atoms with van der Waals surface area (Å²) in [5.41, 5.74) is 0.964. The second kappa shape index (κ2) is 10.7. The van der Waals surface area contributed by atoms with Crippen LogP contribution in [0.5, 0.6) is 11.5 Å². The van der Waals surface area contributed by atoms with Crippen molar-refractivity contribution < 1.29 is 22.7 Å². The first kappa shape index (κ1) is 24.5. The van der Waals surface area contributed by atoms with Crippen LogP contribution < -0.4 is 19.5 Å². The molecule has 0 aliphatic carbocycles. The van der Waals surface area contributed by atoms with Crippen molar-refractivity contribution in [3.8, 4) is 11.5 Å². The van der Waals surface area contributed by atoms with Gasteiger partial charge in [0.05, 0.1) is 19.1 Å². The van der Waals surface area contributed by atoms with Crippen LogP contribution in [0.3, 0.4) is 0 Å². The highest BCUT2D eigenvalue weighted by atomic mass is 32.2. The van der Waals surface area contributed by atoms with Gasteiger partial charge >= 0.3 is 0 Å². The van der Waals surface area contributed by atoms with Crippen molar-refractivity contribution in [1.29, 1.82) is 0 Å². The first-order valence-electron chi connectivity index (χ1n) is 10.7. The highest BCUT2D eigenvalue weighted by molar-refractivity contribution is 7.89. The Labute approximate surface area is 195 Å². The molecule has 0 fully saturated rings. The molecule has 0 saturated carbocycles. The Morgan fingerprint density at radius 3 is 2.27 bits per heavy atom. The number of amides is 1. The molecule has 3 aromatic carbocycles. The van der Waals surface area contributed by atoms with Gasteiger partial charge in [0, 0.05) is 6.54 Å². The van der Waals surface area contributed by atoms with Crippen LogP contribution in [0.1, 0.15) is 19.4 Å². The minimum absolute atomic E-state index is 0.130. The van der Waals surface area contributed by atoms with Crippen LogP contribution in [-0.4, -0.2) is 41.1 Å². The fourth-order valence-electron chi connectivity index (χ4n) is 3.54. The topological polar surface area (TPSA) is 93.7 Å². The first-order valence-corrected chi connectivity index (χ1v) is 12.2. The maximum atomic E-state index is 13.0. The van der Waals surface area contributed by atoms with Gasteiger partial charge in [0.25, 0.3) is 0 Å². The summed E-state index contributed by atoms with van der Waals surface area (Å²) in [4.78, 5) is 13.0. The fraction of sp³-hybridized carbons (Fsp3) is 0.320. The number of hydrogen-bond acceptors (Lipinski definition) is 5. The van der Waals surface area contributed by atoms with E-state index in [0.29, 0.717) is 24.5 Å². The number of carbonyl (C=O) groups excluding carboxylic acids is 1. The molecule has 7 nitrogen and oxygen atoms in total. The lowest BCUT2D eigenvalue weighted by Crippen LogP contribution is -2.49. The van der Waals surface area contributed by atoms with Crippen LogP contribution in [-0.2, 0) is 21.2 Å². The van der Waals surface area contributed by atoms with Gasteiger partial charge in [-0.05, 0) is 52.9 Å². The average Bonchev–Trinajstić information content (AvgIpc) is 2.81. The maximum Gasteiger partial charge on any atom is 0.241 e. The Morgan fingerprint density at radius 2 is 1.61 bits per heavy atom. The summed E-state index contributed by atoms with van der Waals surface area (Å²) in [5.74, 6) is 0.647. The van der Waals surface area contributed by atoms with Crippen LogP contribution in [0.15, 0.2) is 65.6 Å². The summed E-state index contributed by atoms with van der Waals surface area (Å²) in [5, 5.41) is 4.61. The minimum atomic E-state index is -3.88. The fourth-order valence-corrected chi connectivity index (χ4v) is 4.92. The first-order chi connectivity index (χ1) is 15.7. The standard InChI is InChI=1S/C25H30N2O5S/c1-17(2)24(25(28)26-14-13-18-9-12-22(31-3)23(15-18)32-4)27-33(29,30)21-11-10-19-7-5-6-8-20(19)16-21/h5-12,15-17,24,27H,13-14H2,1-4H3,(H,26,28). The Bertz CT molecular complexity index is 1220. The molecular formula is C25H30N2O5S. The maximum absolute atomic E-state index is 13.0. The second-order valence-corrected chi connectivity index (χ2v) is 9.80. The minimum Gasteiger partial charge on any atom is -0.493 e. The summed E-state index contributed by atoms with van der Waals surface area (Å²) < 4.78 is 39.1. The summed E-state index contributed by atoms with van der Waals surface area (Å²) in [6.45, 7) is 3.97. The molecule has 33 heavy (non-hydrogen) atoms. The van der Waals surface area contributed by atoms with Crippen LogP contribution in [0, 0.1) is 5.92 Å². The SMILES string of the molecule is COc1ccc(CCNC(=O)C(NS(=O)(=O)c2ccc3ccccc3c2)C(C)C)cc1OC. The van der Waals surface area contributed by atoms with Gasteiger partial charge in [-0.1, -0.05) is 50.2 Å². The van der Waals surface area contributed by atoms with Crippen LogP contribution in [0.25, 0.3) is 10.8 Å². The van der Waals surface area contributed by atoms with Crippen molar-refractivity contribution in [3.05, 3.63) is 66.2 Å². The summed E-state index contributed by atoms with van der Waals surface area (Å²) in [6, 6.07) is 17.1. The Hall–Kier alpha value is -3.10. The van der Waals surface area contributed by atoms with E-state index in [1.165, 1.54) is 0 Å². The van der Waals surface area contributed by atoms with Crippen molar-refractivity contribution in [2.75, 3.05) is 20.8 Å². The zero-order chi connectivity index (χ0) is 24.0. The van der Waals surface area contributed by atoms with Crippen LogP contribution in [0.2, 0.25) is 0 Å². The smallest absolute Gasteiger partial charge is 0.241 e. The number of methoxy groups -OCH3 is 2. The van der Waals surface area contributed by atoms with E-state index in [0.717, 1.165) is 16.3 Å². The number of benzene rings is 3. The predicted molar refractivity (Wildman–Crippen MR) is 129 cm³/mol. The van der Waals surface area contributed by atoms with Crippen molar-refractivity contribution in [3.63, 3.8) is 0 Å². The van der Waals surface area contributed by atoms with Crippen LogP contribution in [0.4, 0.5) is 0 Å². The van der Waals surface area contributed by atoms with Gasteiger partial charge < -0.3 is 14.8 Å². The Balaban J connectivity index is 1.67. The van der Waals surface area contributed by atoms with E-state index < -0.39 is 16.1 Å². The molecular weight excluding hydrogens is 440 g/mol. The van der Waals surface area contributed by atoms with Gasteiger partial charge in [-0.15, -0.1) is 0 Å². The monoisotopic (exact) mass is 470 g/mol. The quantitative estimate of drug-likeness (QED) is 0.473. The molecule has 0 heterocycles. The van der Waals surface area contributed by atoms with Crippen molar-refractivity contribution >= 4 is 26.7 Å². The number of carbonyl (C=O) groups is 1. The molecule has 0 spiro atoms. The zero-order valence-corrected chi connectivity index (χ0v) is 20.1. The van der Waals surface area contributed by atoms with Gasteiger partial charge in [0.2, 0.25) is 15.9 Å². The van der Waals surface area contributed by atoms with Crippen molar-refractivity contribution in [2.24, 2.45) is 5.92 Å². The molecule has 8 heteroatoms. The highest BCUT2D eigenvalue weighted by Crippen LogP contribution is 2.27. The van der Waals surface area contributed by atoms with E-state index in [1.807, 2.05) is 56.3 Å².